The summed E-state index contributed by atoms with van der Waals surface area (Å²) in [4.78, 5) is 7.26. The lowest BCUT2D eigenvalue weighted by Crippen LogP contribution is -2.07. The number of nitrogens with one attached hydrogen (secondary N) is 1. The van der Waals surface area contributed by atoms with Crippen molar-refractivity contribution in [2.45, 2.75) is 6.18 Å². The van der Waals surface area contributed by atoms with Gasteiger partial charge >= 0.3 is 6.18 Å². The summed E-state index contributed by atoms with van der Waals surface area (Å²) in [5, 5.41) is 2.35. The standard InChI is InChI=1S/C11H7ClF4N4/c12-6-4-18-10(17)20-9(6)19-8-3-5(11(14,15)16)1-2-7(8)13/h1-4H,(H3,17,18,19,20). The summed E-state index contributed by atoms with van der Waals surface area (Å²) in [5.41, 5.74) is 3.91. The van der Waals surface area contributed by atoms with E-state index >= 15 is 0 Å². The monoisotopic (exact) mass is 306 g/mol. The fourth-order valence-electron chi connectivity index (χ4n) is 1.39. The predicted octanol–water partition coefficient (Wildman–Crippen LogP) is 3.61. The molecule has 106 valence electrons. The second-order valence-corrected chi connectivity index (χ2v) is 4.15. The molecular formula is C11H7ClF4N4. The molecule has 0 aliphatic rings. The van der Waals surface area contributed by atoms with Gasteiger partial charge in [-0.15, -0.1) is 0 Å². The van der Waals surface area contributed by atoms with Crippen LogP contribution < -0.4 is 11.1 Å². The summed E-state index contributed by atoms with van der Waals surface area (Å²) < 4.78 is 51.2. The number of hydrogen-bond acceptors (Lipinski definition) is 4. The summed E-state index contributed by atoms with van der Waals surface area (Å²) in [7, 11) is 0. The minimum Gasteiger partial charge on any atom is -0.368 e. The number of nitrogens with two attached hydrogens (primary N) is 1. The van der Waals surface area contributed by atoms with Crippen molar-refractivity contribution in [3.8, 4) is 0 Å². The number of nitrogen functional groups attached to an aromatic ring is 1. The van der Waals surface area contributed by atoms with Crippen LogP contribution in [-0.2, 0) is 6.18 Å². The SMILES string of the molecule is Nc1ncc(Cl)c(Nc2cc(C(F)(F)F)ccc2F)n1. The molecule has 3 N–H and O–H groups in total. The van der Waals surface area contributed by atoms with Gasteiger partial charge in [0.15, 0.2) is 5.82 Å². The molecule has 1 heterocycles. The summed E-state index contributed by atoms with van der Waals surface area (Å²) in [6, 6.07) is 1.95. The average molecular weight is 307 g/mol. The second-order valence-electron chi connectivity index (χ2n) is 3.74. The third kappa shape index (κ3) is 3.08. The van der Waals surface area contributed by atoms with E-state index in [-0.39, 0.29) is 16.8 Å². The normalized spacial score (nSPS) is 11.4. The quantitative estimate of drug-likeness (QED) is 0.832. The molecule has 4 nitrogen and oxygen atoms in total. The first-order chi connectivity index (χ1) is 9.27. The molecule has 20 heavy (non-hydrogen) atoms. The maximum absolute atomic E-state index is 13.5. The molecule has 1 aromatic carbocycles. The predicted molar refractivity (Wildman–Crippen MR) is 66.1 cm³/mol. The van der Waals surface area contributed by atoms with E-state index in [1.165, 1.54) is 0 Å². The van der Waals surface area contributed by atoms with Crippen LogP contribution >= 0.6 is 11.6 Å². The molecule has 9 heteroatoms. The van der Waals surface area contributed by atoms with E-state index in [1.807, 2.05) is 0 Å². The highest BCUT2D eigenvalue weighted by atomic mass is 35.5. The van der Waals surface area contributed by atoms with Gasteiger partial charge in [-0.05, 0) is 18.2 Å². The van der Waals surface area contributed by atoms with Gasteiger partial charge in [0, 0.05) is 0 Å². The highest BCUT2D eigenvalue weighted by Gasteiger charge is 2.31. The molecule has 0 spiro atoms. The first-order valence-electron chi connectivity index (χ1n) is 5.19. The van der Waals surface area contributed by atoms with Crippen molar-refractivity contribution in [3.05, 3.63) is 40.8 Å². The molecule has 0 unspecified atom stereocenters. The average Bonchev–Trinajstić information content (AvgIpc) is 2.35. The molecule has 0 radical (unpaired) electrons. The van der Waals surface area contributed by atoms with Crippen LogP contribution in [0, 0.1) is 5.82 Å². The van der Waals surface area contributed by atoms with Gasteiger partial charge in [0.25, 0.3) is 0 Å². The van der Waals surface area contributed by atoms with Crippen LogP contribution in [0.15, 0.2) is 24.4 Å². The van der Waals surface area contributed by atoms with Gasteiger partial charge in [0.2, 0.25) is 5.95 Å². The molecule has 0 aliphatic heterocycles. The molecule has 0 saturated heterocycles. The van der Waals surface area contributed by atoms with E-state index in [1.54, 1.807) is 0 Å². The van der Waals surface area contributed by atoms with E-state index in [2.05, 4.69) is 15.3 Å². The molecule has 0 fully saturated rings. The van der Waals surface area contributed by atoms with Gasteiger partial charge < -0.3 is 11.1 Å². The number of benzene rings is 1. The highest BCUT2D eigenvalue weighted by molar-refractivity contribution is 6.32. The van der Waals surface area contributed by atoms with Gasteiger partial charge in [-0.25, -0.2) is 9.37 Å². The summed E-state index contributed by atoms with van der Waals surface area (Å²) in [6.45, 7) is 0. The van der Waals surface area contributed by atoms with E-state index < -0.39 is 23.2 Å². The Labute approximate surface area is 115 Å². The van der Waals surface area contributed by atoms with Gasteiger partial charge in [0.1, 0.15) is 10.8 Å². The number of hydrogen-bond donors (Lipinski definition) is 2. The molecule has 2 rings (SSSR count). The Morgan fingerprint density at radius 1 is 1.25 bits per heavy atom. The first-order valence-corrected chi connectivity index (χ1v) is 5.57. The van der Waals surface area contributed by atoms with E-state index in [0.29, 0.717) is 18.2 Å². The summed E-state index contributed by atoms with van der Waals surface area (Å²) >= 11 is 5.74. The summed E-state index contributed by atoms with van der Waals surface area (Å²) in [5.74, 6) is -1.12. The smallest absolute Gasteiger partial charge is 0.368 e. The number of aromatic nitrogens is 2. The Hall–Kier alpha value is -2.09. The Kier molecular flexibility index (Phi) is 3.67. The lowest BCUT2D eigenvalue weighted by Gasteiger charge is -2.12. The number of anilines is 3. The molecule has 0 aliphatic carbocycles. The zero-order valence-electron chi connectivity index (χ0n) is 9.67. The van der Waals surface area contributed by atoms with Crippen molar-refractivity contribution < 1.29 is 17.6 Å². The highest BCUT2D eigenvalue weighted by Crippen LogP contribution is 2.33. The summed E-state index contributed by atoms with van der Waals surface area (Å²) in [6.07, 6.45) is -3.43. The second kappa shape index (κ2) is 5.12. The molecule has 0 amide bonds. The zero-order valence-corrected chi connectivity index (χ0v) is 10.4. The molecule has 0 bridgehead atoms. The number of nitrogens with zero attached hydrogens (tertiary/aromatic N) is 2. The Morgan fingerprint density at radius 2 is 1.95 bits per heavy atom. The minimum atomic E-state index is -4.58. The third-order valence-electron chi connectivity index (χ3n) is 2.31. The van der Waals surface area contributed by atoms with Crippen molar-refractivity contribution in [3.63, 3.8) is 0 Å². The van der Waals surface area contributed by atoms with Crippen LogP contribution in [0.4, 0.5) is 35.0 Å². The number of alkyl halides is 3. The van der Waals surface area contributed by atoms with Crippen molar-refractivity contribution in [2.24, 2.45) is 0 Å². The molecule has 0 atom stereocenters. The Bertz CT molecular complexity index is 645. The molecule has 1 aromatic heterocycles. The van der Waals surface area contributed by atoms with Crippen molar-refractivity contribution in [1.29, 1.82) is 0 Å². The molecular weight excluding hydrogens is 300 g/mol. The number of rotatable bonds is 2. The zero-order chi connectivity index (χ0) is 14.9. The number of halogens is 5. The van der Waals surface area contributed by atoms with Crippen LogP contribution in [0.3, 0.4) is 0 Å². The van der Waals surface area contributed by atoms with Gasteiger partial charge in [-0.2, -0.15) is 18.2 Å². The fraction of sp³-hybridized carbons (Fsp3) is 0.0909. The van der Waals surface area contributed by atoms with Crippen LogP contribution in [-0.4, -0.2) is 9.97 Å². The van der Waals surface area contributed by atoms with E-state index in [4.69, 9.17) is 17.3 Å². The molecule has 0 saturated carbocycles. The fourth-order valence-corrected chi connectivity index (χ4v) is 1.53. The maximum Gasteiger partial charge on any atom is 0.416 e. The largest absolute Gasteiger partial charge is 0.416 e. The maximum atomic E-state index is 13.5. The molecule has 2 aromatic rings. The van der Waals surface area contributed by atoms with Crippen molar-refractivity contribution in [2.75, 3.05) is 11.1 Å². The Morgan fingerprint density at radius 3 is 2.60 bits per heavy atom. The topological polar surface area (TPSA) is 63.8 Å². The van der Waals surface area contributed by atoms with Crippen molar-refractivity contribution >= 4 is 29.1 Å². The van der Waals surface area contributed by atoms with E-state index in [0.717, 1.165) is 6.20 Å². The lowest BCUT2D eigenvalue weighted by molar-refractivity contribution is -0.137. The van der Waals surface area contributed by atoms with Crippen LogP contribution in [0.1, 0.15) is 5.56 Å². The minimum absolute atomic E-state index is 0.00369. The van der Waals surface area contributed by atoms with Gasteiger partial charge in [-0.1, -0.05) is 11.6 Å². The van der Waals surface area contributed by atoms with E-state index in [9.17, 15) is 17.6 Å². The lowest BCUT2D eigenvalue weighted by atomic mass is 10.2. The van der Waals surface area contributed by atoms with Gasteiger partial charge in [0.05, 0.1) is 17.4 Å². The van der Waals surface area contributed by atoms with Crippen molar-refractivity contribution in [1.82, 2.24) is 9.97 Å². The third-order valence-corrected chi connectivity index (χ3v) is 2.59. The Balaban J connectivity index is 2.40. The first kappa shape index (κ1) is 14.3. The van der Waals surface area contributed by atoms with Gasteiger partial charge in [-0.3, -0.25) is 0 Å². The van der Waals surface area contributed by atoms with Crippen LogP contribution in [0.25, 0.3) is 0 Å². The van der Waals surface area contributed by atoms with Crippen LogP contribution in [0.2, 0.25) is 5.02 Å². The van der Waals surface area contributed by atoms with Crippen LogP contribution in [0.5, 0.6) is 0 Å².